The summed E-state index contributed by atoms with van der Waals surface area (Å²) in [4.78, 5) is 3.37. The number of fused-ring (bicyclic) bond motifs is 1. The second-order valence-corrected chi connectivity index (χ2v) is 7.00. The van der Waals surface area contributed by atoms with Crippen molar-refractivity contribution in [2.45, 2.75) is 6.54 Å². The summed E-state index contributed by atoms with van der Waals surface area (Å²) >= 11 is 0. The van der Waals surface area contributed by atoms with Crippen LogP contribution in [-0.2, 0) is 6.54 Å². The first-order valence-electron chi connectivity index (χ1n) is 6.39. The van der Waals surface area contributed by atoms with Gasteiger partial charge < -0.3 is 34.3 Å². The monoisotopic (exact) mass is 317 g/mol. The highest BCUT2D eigenvalue weighted by atomic mass is 35.5. The van der Waals surface area contributed by atoms with E-state index in [1.807, 2.05) is 0 Å². The molecule has 0 radical (unpaired) electrons. The van der Waals surface area contributed by atoms with E-state index in [9.17, 15) is 0 Å². The van der Waals surface area contributed by atoms with E-state index < -0.39 is 0 Å². The summed E-state index contributed by atoms with van der Waals surface area (Å²) in [5, 5.41) is 1.36. The number of hydrogen-bond donors (Lipinski definition) is 1. The number of nitrogens with one attached hydrogen (secondary N) is 1. The summed E-state index contributed by atoms with van der Waals surface area (Å²) in [7, 11) is 13.3. The van der Waals surface area contributed by atoms with Gasteiger partial charge in [0.25, 0.3) is 0 Å². The van der Waals surface area contributed by atoms with Gasteiger partial charge in [0.15, 0.2) is 0 Å². The zero-order valence-electron chi connectivity index (χ0n) is 13.2. The van der Waals surface area contributed by atoms with Crippen LogP contribution in [0.5, 0.6) is 0 Å². The van der Waals surface area contributed by atoms with Gasteiger partial charge in [-0.05, 0) is 6.07 Å². The SMILES string of the molecule is C[N+](C)(C)Cc1c[nH]c2ccc([N+](C)(C)C)cc12.[Cl-].[Cl-]. The molecule has 1 heterocycles. The first-order chi connectivity index (χ1) is 8.17. The molecule has 1 aromatic heterocycles. The van der Waals surface area contributed by atoms with Crippen LogP contribution in [0.4, 0.5) is 5.69 Å². The molecule has 0 aliphatic heterocycles. The zero-order valence-corrected chi connectivity index (χ0v) is 14.7. The molecule has 0 unspecified atom stereocenters. The lowest BCUT2D eigenvalue weighted by Crippen LogP contribution is -3.00. The number of H-pyrrole nitrogens is 1. The van der Waals surface area contributed by atoms with E-state index >= 15 is 0 Å². The average molecular weight is 318 g/mol. The number of aromatic nitrogens is 1. The summed E-state index contributed by atoms with van der Waals surface area (Å²) in [6, 6.07) is 6.71. The van der Waals surface area contributed by atoms with Gasteiger partial charge in [-0.3, -0.25) is 4.48 Å². The van der Waals surface area contributed by atoms with Gasteiger partial charge in [0.2, 0.25) is 0 Å². The van der Waals surface area contributed by atoms with E-state index in [0.29, 0.717) is 0 Å². The second kappa shape index (κ2) is 6.35. The highest BCUT2D eigenvalue weighted by Crippen LogP contribution is 2.27. The van der Waals surface area contributed by atoms with E-state index in [2.05, 4.69) is 71.7 Å². The minimum Gasteiger partial charge on any atom is -1.00 e. The molecule has 0 saturated heterocycles. The average Bonchev–Trinajstić information content (AvgIpc) is 2.57. The Hall–Kier alpha value is -0.740. The first-order valence-corrected chi connectivity index (χ1v) is 6.39. The Morgan fingerprint density at radius 1 is 0.950 bits per heavy atom. The molecule has 1 N–H and O–H groups in total. The molecule has 0 fully saturated rings. The summed E-state index contributed by atoms with van der Waals surface area (Å²) < 4.78 is 1.80. The smallest absolute Gasteiger partial charge is 0.132 e. The number of rotatable bonds is 3. The third-order valence-corrected chi connectivity index (χ3v) is 3.17. The van der Waals surface area contributed by atoms with Crippen LogP contribution in [-0.4, -0.2) is 51.8 Å². The van der Waals surface area contributed by atoms with Crippen LogP contribution < -0.4 is 29.3 Å². The Kier molecular flexibility index (Phi) is 6.12. The van der Waals surface area contributed by atoms with Gasteiger partial charge >= 0.3 is 0 Å². The molecule has 20 heavy (non-hydrogen) atoms. The Morgan fingerprint density at radius 3 is 2.05 bits per heavy atom. The molecule has 0 saturated carbocycles. The third-order valence-electron chi connectivity index (χ3n) is 3.17. The molecule has 0 amide bonds. The van der Waals surface area contributed by atoms with Gasteiger partial charge in [0.05, 0.1) is 42.3 Å². The molecule has 2 rings (SSSR count). The minimum absolute atomic E-state index is 0. The maximum atomic E-state index is 3.37. The molecule has 0 spiro atoms. The molecular weight excluding hydrogens is 293 g/mol. The standard InChI is InChI=1S/C15H25N3.2ClH/c1-17(2,3)11-12-10-16-15-8-7-13(9-14(12)15)18(4,5)6;;/h7-10,16H,11H2,1-6H3;2*1H/q+2;;/p-2. The maximum Gasteiger partial charge on any atom is 0.132 e. The summed E-state index contributed by atoms with van der Waals surface area (Å²) in [6.07, 6.45) is 2.15. The Balaban J connectivity index is 0.00000180. The molecule has 2 aromatic rings. The molecule has 0 aliphatic carbocycles. The summed E-state index contributed by atoms with van der Waals surface area (Å²) in [6.45, 7) is 1.04. The van der Waals surface area contributed by atoms with Gasteiger partial charge in [-0.15, -0.1) is 0 Å². The number of aromatic amines is 1. The number of quaternary nitrogens is 2. The van der Waals surface area contributed by atoms with E-state index in [4.69, 9.17) is 0 Å². The van der Waals surface area contributed by atoms with E-state index in [1.165, 1.54) is 22.2 Å². The second-order valence-electron chi connectivity index (χ2n) is 7.00. The summed E-state index contributed by atoms with van der Waals surface area (Å²) in [5.74, 6) is 0. The number of hydrogen-bond acceptors (Lipinski definition) is 0. The highest BCUT2D eigenvalue weighted by Gasteiger charge is 2.17. The molecule has 114 valence electrons. The maximum absolute atomic E-state index is 3.37. The molecule has 0 atom stereocenters. The van der Waals surface area contributed by atoms with Crippen molar-refractivity contribution in [2.24, 2.45) is 0 Å². The Bertz CT molecular complexity index is 562. The van der Waals surface area contributed by atoms with Crippen molar-refractivity contribution < 1.29 is 29.3 Å². The van der Waals surface area contributed by atoms with Gasteiger partial charge in [-0.1, -0.05) is 0 Å². The number of nitrogens with zero attached hydrogens (tertiary/aromatic N) is 2. The topological polar surface area (TPSA) is 15.8 Å². The van der Waals surface area contributed by atoms with Crippen molar-refractivity contribution in [3.63, 3.8) is 0 Å². The molecule has 0 aliphatic rings. The van der Waals surface area contributed by atoms with Gasteiger partial charge in [0, 0.05) is 34.8 Å². The fourth-order valence-electron chi connectivity index (χ4n) is 2.23. The number of halogens is 2. The minimum atomic E-state index is 0. The lowest BCUT2D eigenvalue weighted by Gasteiger charge is -2.25. The van der Waals surface area contributed by atoms with Crippen LogP contribution in [0.25, 0.3) is 10.9 Å². The predicted molar refractivity (Wildman–Crippen MR) is 79.6 cm³/mol. The van der Waals surface area contributed by atoms with Crippen molar-refractivity contribution >= 4 is 16.6 Å². The van der Waals surface area contributed by atoms with Gasteiger partial charge in [-0.2, -0.15) is 0 Å². The predicted octanol–water partition coefficient (Wildman–Crippen LogP) is -3.42. The van der Waals surface area contributed by atoms with Crippen LogP contribution in [0.15, 0.2) is 24.4 Å². The van der Waals surface area contributed by atoms with Crippen LogP contribution in [0.3, 0.4) is 0 Å². The van der Waals surface area contributed by atoms with Crippen molar-refractivity contribution in [1.82, 2.24) is 9.47 Å². The molecule has 0 bridgehead atoms. The Morgan fingerprint density at radius 2 is 1.55 bits per heavy atom. The molecule has 3 nitrogen and oxygen atoms in total. The highest BCUT2D eigenvalue weighted by molar-refractivity contribution is 5.86. The Labute approximate surface area is 134 Å². The van der Waals surface area contributed by atoms with Crippen molar-refractivity contribution in [1.29, 1.82) is 0 Å². The van der Waals surface area contributed by atoms with Crippen LogP contribution in [0.2, 0.25) is 0 Å². The fraction of sp³-hybridized carbons (Fsp3) is 0.467. The first kappa shape index (κ1) is 19.3. The largest absolute Gasteiger partial charge is 1.00 e. The van der Waals surface area contributed by atoms with E-state index in [1.54, 1.807) is 0 Å². The zero-order chi connectivity index (χ0) is 13.6. The normalized spacial score (nSPS) is 11.9. The number of benzene rings is 1. The van der Waals surface area contributed by atoms with Crippen molar-refractivity contribution in [2.75, 3.05) is 42.3 Å². The van der Waals surface area contributed by atoms with Gasteiger partial charge in [0.1, 0.15) is 12.2 Å². The van der Waals surface area contributed by atoms with Crippen molar-refractivity contribution in [3.05, 3.63) is 30.0 Å². The lowest BCUT2D eigenvalue weighted by molar-refractivity contribution is -0.883. The molecule has 5 heteroatoms. The van der Waals surface area contributed by atoms with Gasteiger partial charge in [-0.25, -0.2) is 0 Å². The van der Waals surface area contributed by atoms with Crippen LogP contribution in [0, 0.1) is 0 Å². The van der Waals surface area contributed by atoms with Crippen molar-refractivity contribution in [3.8, 4) is 0 Å². The lowest BCUT2D eigenvalue weighted by atomic mass is 10.1. The van der Waals surface area contributed by atoms with E-state index in [0.717, 1.165) is 15.5 Å². The third kappa shape index (κ3) is 4.38. The fourth-order valence-corrected chi connectivity index (χ4v) is 2.23. The molecule has 1 aromatic carbocycles. The van der Waals surface area contributed by atoms with Crippen LogP contribution >= 0.6 is 0 Å². The van der Waals surface area contributed by atoms with Crippen LogP contribution in [0.1, 0.15) is 5.56 Å². The quantitative estimate of drug-likeness (QED) is 0.568. The van der Waals surface area contributed by atoms with E-state index in [-0.39, 0.29) is 24.8 Å². The molecular formula is C15H25Cl2N3. The summed E-state index contributed by atoms with van der Waals surface area (Å²) in [5.41, 5.74) is 3.97.